The molecule has 2 aromatic heterocycles. The van der Waals surface area contributed by atoms with Crippen molar-refractivity contribution in [3.8, 4) is 28.3 Å². The van der Waals surface area contributed by atoms with Crippen LogP contribution in [0, 0.1) is 0 Å². The number of hydrogen-bond acceptors (Lipinski definition) is 6. The predicted molar refractivity (Wildman–Crippen MR) is 113 cm³/mol. The van der Waals surface area contributed by atoms with Crippen molar-refractivity contribution in [2.24, 2.45) is 7.05 Å². The molecule has 1 aromatic carbocycles. The van der Waals surface area contributed by atoms with Gasteiger partial charge in [-0.1, -0.05) is 6.07 Å². The Morgan fingerprint density at radius 2 is 1.97 bits per heavy atom. The highest BCUT2D eigenvalue weighted by atomic mass is 19.3. The Kier molecular flexibility index (Phi) is 4.65. The number of hydrogen-bond donors (Lipinski definition) is 2. The molecule has 4 heterocycles. The van der Waals surface area contributed by atoms with Crippen molar-refractivity contribution in [1.29, 1.82) is 0 Å². The fourth-order valence-corrected chi connectivity index (χ4v) is 4.66. The molecule has 2 fully saturated rings. The first kappa shape index (κ1) is 19.9. The van der Waals surface area contributed by atoms with Crippen molar-refractivity contribution in [2.75, 3.05) is 11.9 Å². The van der Waals surface area contributed by atoms with E-state index in [1.807, 2.05) is 43.4 Å². The topological polar surface area (TPSA) is 79.1 Å². The van der Waals surface area contributed by atoms with Gasteiger partial charge in [-0.3, -0.25) is 4.68 Å². The number of nitrogens with one attached hydrogen (secondary N) is 1. The van der Waals surface area contributed by atoms with Crippen LogP contribution in [0.1, 0.15) is 19.3 Å². The molecule has 31 heavy (non-hydrogen) atoms. The molecule has 7 nitrogen and oxygen atoms in total. The minimum absolute atomic E-state index is 0.0177. The summed E-state index contributed by atoms with van der Waals surface area (Å²) in [6.07, 6.45) is 2.78. The van der Waals surface area contributed by atoms with E-state index in [0.717, 1.165) is 11.3 Å². The van der Waals surface area contributed by atoms with E-state index in [4.69, 9.17) is 0 Å². The third-order valence-electron chi connectivity index (χ3n) is 6.37. The molecule has 0 aliphatic carbocycles. The quantitative estimate of drug-likeness (QED) is 0.667. The number of anilines is 1. The Hall–Kier alpha value is -3.07. The highest BCUT2D eigenvalue weighted by Crippen LogP contribution is 2.41. The van der Waals surface area contributed by atoms with Gasteiger partial charge in [0, 0.05) is 49.9 Å². The smallest absolute Gasteiger partial charge is 0.264 e. The Bertz CT molecular complexity index is 1100. The number of aromatic hydroxyl groups is 1. The Morgan fingerprint density at radius 1 is 1.13 bits per heavy atom. The van der Waals surface area contributed by atoms with E-state index in [0.29, 0.717) is 29.9 Å². The summed E-state index contributed by atoms with van der Waals surface area (Å²) in [5.74, 6) is -1.92. The molecular formula is C22H24F2N6O. The van der Waals surface area contributed by atoms with Crippen LogP contribution in [0.25, 0.3) is 22.5 Å². The fourth-order valence-electron chi connectivity index (χ4n) is 4.66. The van der Waals surface area contributed by atoms with Gasteiger partial charge in [0.15, 0.2) is 5.82 Å². The predicted octanol–water partition coefficient (Wildman–Crippen LogP) is 3.21. The van der Waals surface area contributed by atoms with Crippen molar-refractivity contribution in [2.45, 2.75) is 43.3 Å². The molecular weight excluding hydrogens is 402 g/mol. The summed E-state index contributed by atoms with van der Waals surface area (Å²) in [5.41, 5.74) is 2.69. The molecule has 5 rings (SSSR count). The molecule has 0 saturated carbocycles. The monoisotopic (exact) mass is 426 g/mol. The van der Waals surface area contributed by atoms with Crippen LogP contribution in [0.4, 0.5) is 14.6 Å². The zero-order valence-corrected chi connectivity index (χ0v) is 17.3. The third-order valence-corrected chi connectivity index (χ3v) is 6.37. The second kappa shape index (κ2) is 7.26. The van der Waals surface area contributed by atoms with E-state index in [1.54, 1.807) is 22.9 Å². The summed E-state index contributed by atoms with van der Waals surface area (Å²) in [7, 11) is 3.71. The maximum atomic E-state index is 14.0. The highest BCUT2D eigenvalue weighted by molar-refractivity contribution is 5.73. The first-order chi connectivity index (χ1) is 14.8. The van der Waals surface area contributed by atoms with Gasteiger partial charge >= 0.3 is 0 Å². The van der Waals surface area contributed by atoms with E-state index in [2.05, 4.69) is 20.6 Å². The van der Waals surface area contributed by atoms with Crippen molar-refractivity contribution in [3.63, 3.8) is 0 Å². The maximum Gasteiger partial charge on any atom is 0.264 e. The lowest BCUT2D eigenvalue weighted by Gasteiger charge is -2.36. The summed E-state index contributed by atoms with van der Waals surface area (Å²) in [6, 6.07) is 9.85. The zero-order valence-electron chi connectivity index (χ0n) is 17.3. The second-order valence-electron chi connectivity index (χ2n) is 8.50. The van der Waals surface area contributed by atoms with Gasteiger partial charge in [-0.05, 0) is 43.2 Å². The first-order valence-corrected chi connectivity index (χ1v) is 10.3. The average Bonchev–Trinajstić information content (AvgIpc) is 3.27. The summed E-state index contributed by atoms with van der Waals surface area (Å²) in [6.45, 7) is 0. The lowest BCUT2D eigenvalue weighted by Crippen LogP contribution is -2.49. The first-order valence-electron chi connectivity index (χ1n) is 10.3. The van der Waals surface area contributed by atoms with E-state index in [9.17, 15) is 13.9 Å². The van der Waals surface area contributed by atoms with Crippen molar-refractivity contribution >= 4 is 5.82 Å². The van der Waals surface area contributed by atoms with E-state index in [-0.39, 0.29) is 24.3 Å². The average molecular weight is 426 g/mol. The number of benzene rings is 1. The Labute approximate surface area is 178 Å². The van der Waals surface area contributed by atoms with Crippen LogP contribution in [-0.2, 0) is 7.05 Å². The van der Waals surface area contributed by atoms with Crippen molar-refractivity contribution in [3.05, 3.63) is 42.6 Å². The number of nitrogens with zero attached hydrogens (tertiary/aromatic N) is 5. The number of aromatic nitrogens is 4. The van der Waals surface area contributed by atoms with Crippen molar-refractivity contribution in [1.82, 2.24) is 25.3 Å². The number of halogens is 2. The standard InChI is InChI=1S/C22H24F2N6O/c1-29-8-7-17(28-29)13-3-4-16(19(31)9-13)18-5-6-21(27-26-18)30(2)15-10-14-12-22(23,24)20(11-15)25-14/h3-9,14-15,20,25,31H,10-12H2,1-2H3/t14-,15-,20+/m1/s1. The lowest BCUT2D eigenvalue weighted by molar-refractivity contribution is -0.0128. The maximum absolute atomic E-state index is 14.0. The van der Waals surface area contributed by atoms with Crippen LogP contribution in [0.5, 0.6) is 5.75 Å². The molecule has 2 saturated heterocycles. The minimum Gasteiger partial charge on any atom is -0.507 e. The van der Waals surface area contributed by atoms with Gasteiger partial charge in [0.05, 0.1) is 17.4 Å². The normalized spacial score (nSPS) is 24.3. The summed E-state index contributed by atoms with van der Waals surface area (Å²) in [5, 5.41) is 26.5. The van der Waals surface area contributed by atoms with Crippen LogP contribution in [0.3, 0.4) is 0 Å². The number of fused-ring (bicyclic) bond motifs is 2. The van der Waals surface area contributed by atoms with E-state index in [1.165, 1.54) is 0 Å². The van der Waals surface area contributed by atoms with Gasteiger partial charge in [-0.25, -0.2) is 8.78 Å². The number of rotatable bonds is 4. The lowest BCUT2D eigenvalue weighted by atomic mass is 9.98. The van der Waals surface area contributed by atoms with Crippen LogP contribution in [0.2, 0.25) is 0 Å². The second-order valence-corrected chi connectivity index (χ2v) is 8.50. The van der Waals surface area contributed by atoms with Gasteiger partial charge in [-0.15, -0.1) is 10.2 Å². The molecule has 9 heteroatoms. The van der Waals surface area contributed by atoms with Gasteiger partial charge < -0.3 is 15.3 Å². The van der Waals surface area contributed by atoms with Gasteiger partial charge in [0.1, 0.15) is 5.75 Å². The van der Waals surface area contributed by atoms with Gasteiger partial charge in [-0.2, -0.15) is 5.10 Å². The number of alkyl halides is 2. The van der Waals surface area contributed by atoms with E-state index >= 15 is 0 Å². The molecule has 3 aromatic rings. The van der Waals surface area contributed by atoms with Crippen molar-refractivity contribution < 1.29 is 13.9 Å². The molecule has 2 N–H and O–H groups in total. The molecule has 0 spiro atoms. The Balaban J connectivity index is 1.33. The molecule has 3 atom stereocenters. The SMILES string of the molecule is CN(c1ccc(-c2ccc(-c3ccn(C)n3)cc2O)nn1)[C@@H]1C[C@@H]2CC(F)(F)[C@H](C1)N2. The largest absolute Gasteiger partial charge is 0.507 e. The van der Waals surface area contributed by atoms with E-state index < -0.39 is 12.0 Å². The molecule has 0 amide bonds. The van der Waals surface area contributed by atoms with Crippen LogP contribution < -0.4 is 10.2 Å². The Morgan fingerprint density at radius 3 is 2.61 bits per heavy atom. The number of aryl methyl sites for hydroxylation is 1. The minimum atomic E-state index is -2.64. The molecule has 0 radical (unpaired) electrons. The molecule has 0 unspecified atom stereocenters. The van der Waals surface area contributed by atoms with Crippen LogP contribution >= 0.6 is 0 Å². The summed E-state index contributed by atoms with van der Waals surface area (Å²) < 4.78 is 29.7. The van der Waals surface area contributed by atoms with Gasteiger partial charge in [0.2, 0.25) is 0 Å². The summed E-state index contributed by atoms with van der Waals surface area (Å²) >= 11 is 0. The van der Waals surface area contributed by atoms with Gasteiger partial charge in [0.25, 0.3) is 5.92 Å². The third kappa shape index (κ3) is 3.63. The molecule has 2 bridgehead atoms. The number of phenols is 1. The fraction of sp³-hybridized carbons (Fsp3) is 0.409. The number of piperidine rings is 1. The van der Waals surface area contributed by atoms with Crippen LogP contribution in [-0.4, -0.2) is 56.2 Å². The van der Waals surface area contributed by atoms with Crippen LogP contribution in [0.15, 0.2) is 42.6 Å². The number of phenolic OH excluding ortho intramolecular Hbond substituents is 1. The molecule has 2 aliphatic rings. The molecule has 2 aliphatic heterocycles. The summed E-state index contributed by atoms with van der Waals surface area (Å²) in [4.78, 5) is 1.93. The molecule has 162 valence electrons. The zero-order chi connectivity index (χ0) is 21.8. The highest BCUT2D eigenvalue weighted by Gasteiger charge is 2.53.